The fraction of sp³-hybridized carbons (Fsp3) is 0.941. The number of nitrogens with one attached hydrogen (secondary N) is 4. The van der Waals surface area contributed by atoms with Gasteiger partial charge in [0.2, 0.25) is 0 Å². The van der Waals surface area contributed by atoms with E-state index in [1.807, 2.05) is 20.8 Å². The first-order valence-corrected chi connectivity index (χ1v) is 9.20. The first-order chi connectivity index (χ1) is 11.3. The highest BCUT2D eigenvalue weighted by molar-refractivity contribution is 5.67. The second kappa shape index (κ2) is 8.47. The van der Waals surface area contributed by atoms with Crippen molar-refractivity contribution in [3.8, 4) is 0 Å². The van der Waals surface area contributed by atoms with E-state index in [2.05, 4.69) is 33.1 Å². The standard InChI is InChI=1S/C17H35N5O2/c1-5-14-10-18-11-17(12-20-14)13-22(9-7-21-17)8-6-19-15(23)24-16(2,3)4/h14,18,20-21H,5-13H2,1-4H3,(H,19,23). The van der Waals surface area contributed by atoms with Crippen molar-refractivity contribution in [2.45, 2.75) is 51.3 Å². The third-order valence-electron chi connectivity index (χ3n) is 4.63. The Morgan fingerprint density at radius 2 is 2.17 bits per heavy atom. The quantitative estimate of drug-likeness (QED) is 0.582. The highest BCUT2D eigenvalue weighted by Gasteiger charge is 2.36. The molecular weight excluding hydrogens is 306 g/mol. The van der Waals surface area contributed by atoms with Crippen LogP contribution in [0.5, 0.6) is 0 Å². The van der Waals surface area contributed by atoms with Crippen molar-refractivity contribution < 1.29 is 9.53 Å². The number of amides is 1. The largest absolute Gasteiger partial charge is 0.444 e. The molecule has 2 aliphatic heterocycles. The van der Waals surface area contributed by atoms with Gasteiger partial charge in [-0.2, -0.15) is 0 Å². The zero-order valence-corrected chi connectivity index (χ0v) is 15.7. The summed E-state index contributed by atoms with van der Waals surface area (Å²) in [6.07, 6.45) is 0.808. The van der Waals surface area contributed by atoms with Crippen LogP contribution in [0.1, 0.15) is 34.1 Å². The predicted octanol–water partition coefficient (Wildman–Crippen LogP) is 0.127. The van der Waals surface area contributed by atoms with Crippen molar-refractivity contribution in [1.29, 1.82) is 0 Å². The van der Waals surface area contributed by atoms with Crippen LogP contribution >= 0.6 is 0 Å². The number of rotatable bonds is 4. The summed E-state index contributed by atoms with van der Waals surface area (Å²) in [6, 6.07) is 0.551. The maximum atomic E-state index is 11.7. The van der Waals surface area contributed by atoms with Crippen LogP contribution < -0.4 is 21.3 Å². The number of alkyl carbamates (subject to hydrolysis) is 1. The third kappa shape index (κ3) is 6.20. The van der Waals surface area contributed by atoms with Gasteiger partial charge in [0, 0.05) is 58.4 Å². The second-order valence-corrected chi connectivity index (χ2v) is 8.03. The van der Waals surface area contributed by atoms with Crippen LogP contribution in [0.3, 0.4) is 0 Å². The van der Waals surface area contributed by atoms with E-state index in [0.717, 1.165) is 52.2 Å². The summed E-state index contributed by atoms with van der Waals surface area (Å²) < 4.78 is 5.28. The fourth-order valence-corrected chi connectivity index (χ4v) is 3.35. The predicted molar refractivity (Wildman–Crippen MR) is 96.4 cm³/mol. The lowest BCUT2D eigenvalue weighted by Gasteiger charge is -2.43. The fourth-order valence-electron chi connectivity index (χ4n) is 3.35. The van der Waals surface area contributed by atoms with Crippen molar-refractivity contribution in [3.05, 3.63) is 0 Å². The monoisotopic (exact) mass is 341 g/mol. The minimum absolute atomic E-state index is 0.0775. The van der Waals surface area contributed by atoms with E-state index in [1.54, 1.807) is 0 Å². The van der Waals surface area contributed by atoms with Crippen LogP contribution in [-0.4, -0.2) is 80.5 Å². The zero-order chi connectivity index (χ0) is 17.6. The van der Waals surface area contributed by atoms with Crippen LogP contribution in [0.25, 0.3) is 0 Å². The minimum Gasteiger partial charge on any atom is -0.444 e. The summed E-state index contributed by atoms with van der Waals surface area (Å²) >= 11 is 0. The Morgan fingerprint density at radius 1 is 1.38 bits per heavy atom. The number of ether oxygens (including phenoxy) is 1. The number of hydrogen-bond acceptors (Lipinski definition) is 6. The molecule has 2 rings (SSSR count). The molecule has 2 aliphatic rings. The van der Waals surface area contributed by atoms with E-state index in [4.69, 9.17) is 4.74 Å². The summed E-state index contributed by atoms with van der Waals surface area (Å²) in [7, 11) is 0. The average Bonchev–Trinajstić information content (AvgIpc) is 2.68. The molecule has 2 fully saturated rings. The Morgan fingerprint density at radius 3 is 2.88 bits per heavy atom. The van der Waals surface area contributed by atoms with E-state index in [1.165, 1.54) is 0 Å². The Bertz CT molecular complexity index is 412. The van der Waals surface area contributed by atoms with Crippen molar-refractivity contribution in [1.82, 2.24) is 26.2 Å². The molecule has 0 bridgehead atoms. The Hall–Kier alpha value is -0.890. The van der Waals surface area contributed by atoms with Gasteiger partial charge in [-0.3, -0.25) is 4.90 Å². The van der Waals surface area contributed by atoms with E-state index in [-0.39, 0.29) is 11.6 Å². The van der Waals surface area contributed by atoms with Gasteiger partial charge in [-0.05, 0) is 27.2 Å². The third-order valence-corrected chi connectivity index (χ3v) is 4.63. The van der Waals surface area contributed by atoms with Crippen LogP contribution in [-0.2, 0) is 4.74 Å². The van der Waals surface area contributed by atoms with Crippen LogP contribution in [0.4, 0.5) is 4.79 Å². The summed E-state index contributed by atoms with van der Waals surface area (Å²) in [4.78, 5) is 14.1. The van der Waals surface area contributed by atoms with Crippen molar-refractivity contribution >= 4 is 6.09 Å². The van der Waals surface area contributed by atoms with Crippen molar-refractivity contribution in [2.75, 3.05) is 52.4 Å². The van der Waals surface area contributed by atoms with Gasteiger partial charge >= 0.3 is 6.09 Å². The molecule has 24 heavy (non-hydrogen) atoms. The average molecular weight is 342 g/mol. The molecule has 2 heterocycles. The van der Waals surface area contributed by atoms with E-state index in [9.17, 15) is 4.79 Å². The normalized spacial score (nSPS) is 29.2. The molecule has 7 heteroatoms. The lowest BCUT2D eigenvalue weighted by Crippen LogP contribution is -2.67. The summed E-state index contributed by atoms with van der Waals surface area (Å²) in [5.41, 5.74) is -0.370. The van der Waals surface area contributed by atoms with E-state index < -0.39 is 5.60 Å². The number of nitrogens with zero attached hydrogens (tertiary/aromatic N) is 1. The number of hydrogen-bond donors (Lipinski definition) is 4. The molecule has 0 aliphatic carbocycles. The molecule has 0 aromatic heterocycles. The molecule has 0 aromatic rings. The van der Waals surface area contributed by atoms with Crippen LogP contribution in [0.2, 0.25) is 0 Å². The SMILES string of the molecule is CCC1CNCC2(CN1)CN(CCNC(=O)OC(C)(C)C)CCN2. The Balaban J connectivity index is 1.76. The molecular formula is C17H35N5O2. The molecule has 7 nitrogen and oxygen atoms in total. The highest BCUT2D eigenvalue weighted by atomic mass is 16.6. The smallest absolute Gasteiger partial charge is 0.407 e. The van der Waals surface area contributed by atoms with Crippen molar-refractivity contribution in [3.63, 3.8) is 0 Å². The van der Waals surface area contributed by atoms with Gasteiger partial charge in [0.25, 0.3) is 0 Å². The minimum atomic E-state index is -0.448. The van der Waals surface area contributed by atoms with E-state index in [0.29, 0.717) is 12.6 Å². The summed E-state index contributed by atoms with van der Waals surface area (Å²) in [6.45, 7) is 15.3. The summed E-state index contributed by atoms with van der Waals surface area (Å²) in [5.74, 6) is 0. The van der Waals surface area contributed by atoms with Gasteiger partial charge in [0.15, 0.2) is 0 Å². The molecule has 2 unspecified atom stereocenters. The second-order valence-electron chi connectivity index (χ2n) is 8.03. The number of carbonyl (C=O) groups is 1. The van der Waals surface area contributed by atoms with Gasteiger partial charge in [-0.25, -0.2) is 4.79 Å². The number of carbonyl (C=O) groups excluding carboxylic acids is 1. The molecule has 2 saturated heterocycles. The lowest BCUT2D eigenvalue weighted by atomic mass is 9.96. The maximum absolute atomic E-state index is 11.7. The van der Waals surface area contributed by atoms with Gasteiger partial charge in [-0.15, -0.1) is 0 Å². The number of piperazine rings is 1. The zero-order valence-electron chi connectivity index (χ0n) is 15.7. The molecule has 0 aromatic carbocycles. The van der Waals surface area contributed by atoms with Gasteiger partial charge in [0.1, 0.15) is 5.60 Å². The van der Waals surface area contributed by atoms with Crippen LogP contribution in [0, 0.1) is 0 Å². The first kappa shape index (κ1) is 19.4. The topological polar surface area (TPSA) is 77.7 Å². The van der Waals surface area contributed by atoms with E-state index >= 15 is 0 Å². The Labute approximate surface area is 146 Å². The molecule has 140 valence electrons. The lowest BCUT2D eigenvalue weighted by molar-refractivity contribution is 0.0515. The molecule has 1 spiro atoms. The molecule has 2 atom stereocenters. The van der Waals surface area contributed by atoms with Crippen LogP contribution in [0.15, 0.2) is 0 Å². The molecule has 0 radical (unpaired) electrons. The van der Waals surface area contributed by atoms with Gasteiger partial charge in [0.05, 0.1) is 5.54 Å². The van der Waals surface area contributed by atoms with Crippen molar-refractivity contribution in [2.24, 2.45) is 0 Å². The highest BCUT2D eigenvalue weighted by Crippen LogP contribution is 2.13. The Kier molecular flexibility index (Phi) is 6.86. The maximum Gasteiger partial charge on any atom is 0.407 e. The van der Waals surface area contributed by atoms with Gasteiger partial charge in [-0.1, -0.05) is 6.92 Å². The molecule has 1 amide bonds. The molecule has 0 saturated carbocycles. The molecule has 4 N–H and O–H groups in total. The first-order valence-electron chi connectivity index (χ1n) is 9.20. The van der Waals surface area contributed by atoms with Gasteiger partial charge < -0.3 is 26.0 Å². The summed E-state index contributed by atoms with van der Waals surface area (Å²) in [5, 5.41) is 13.8.